The number of nitrogens with zero attached hydrogens (tertiary/aromatic N) is 2. The van der Waals surface area contributed by atoms with Gasteiger partial charge in [0, 0.05) is 22.4 Å². The average molecular weight is 744 g/mol. The van der Waals surface area contributed by atoms with Crippen LogP contribution in [0.25, 0.3) is 0 Å². The number of hydrogen-bond donors (Lipinski definition) is 1. The highest BCUT2D eigenvalue weighted by atomic mass is 32.2. The first-order valence-electron chi connectivity index (χ1n) is 16.4. The van der Waals surface area contributed by atoms with Gasteiger partial charge in [0.2, 0.25) is 0 Å². The van der Waals surface area contributed by atoms with E-state index < -0.39 is 58.8 Å². The van der Waals surface area contributed by atoms with Crippen LogP contribution in [0.5, 0.6) is 5.75 Å². The third kappa shape index (κ3) is 14.7. The molecule has 284 valence electrons. The van der Waals surface area contributed by atoms with E-state index in [1.54, 1.807) is 75.5 Å². The number of benzene rings is 2. The molecule has 2 rings (SSSR count). The molecule has 0 heterocycles. The minimum atomic E-state index is -1.16. The summed E-state index contributed by atoms with van der Waals surface area (Å²) in [6.45, 7) is 16.1. The average Bonchev–Trinajstić information content (AvgIpc) is 3.00. The molecule has 2 aromatic rings. The molecule has 0 aliphatic heterocycles. The molecule has 0 radical (unpaired) electrons. The normalized spacial score (nSPS) is 12.6. The Morgan fingerprint density at radius 2 is 1.21 bits per heavy atom. The number of amidine groups is 1. The molecule has 1 atom stereocenters. The van der Waals surface area contributed by atoms with Gasteiger partial charge in [0.25, 0.3) is 5.91 Å². The van der Waals surface area contributed by atoms with Crippen LogP contribution < -0.4 is 10.1 Å². The number of thioether (sulfide) groups is 1. The van der Waals surface area contributed by atoms with E-state index in [0.29, 0.717) is 16.2 Å². The van der Waals surface area contributed by atoms with E-state index in [9.17, 15) is 28.8 Å². The maximum absolute atomic E-state index is 13.5. The number of carbonyl (C=O) groups is 6. The number of ether oxygens (including phenoxy) is 5. The second-order valence-corrected chi connectivity index (χ2v) is 15.2. The molecule has 4 amide bonds. The standard InChI is InChI=1S/C37H49N3O11S/c1-12-47-28(41)21-48-26-19-17-23(18-20-26)29(42)27(22-52-11)38-31(43)25-15-13-24(14-16-25)30(39-32(44)49-35(2,3)4)40(33(45)50-36(5,6)7)34(46)51-37(8,9)10/h13-20,27H,12,21-22H2,1-11H3,(H,38,43)/b39-30+. The number of nitrogens with one attached hydrogen (secondary N) is 1. The summed E-state index contributed by atoms with van der Waals surface area (Å²) in [4.78, 5) is 82.7. The predicted octanol–water partition coefficient (Wildman–Crippen LogP) is 6.83. The lowest BCUT2D eigenvalue weighted by atomic mass is 10.0. The fourth-order valence-corrected chi connectivity index (χ4v) is 4.67. The summed E-state index contributed by atoms with van der Waals surface area (Å²) < 4.78 is 26.5. The van der Waals surface area contributed by atoms with Gasteiger partial charge in [0.05, 0.1) is 6.61 Å². The quantitative estimate of drug-likeness (QED) is 0.0836. The Labute approximate surface area is 308 Å². The van der Waals surface area contributed by atoms with Crippen molar-refractivity contribution < 1.29 is 52.5 Å². The van der Waals surface area contributed by atoms with E-state index in [1.807, 2.05) is 0 Å². The third-order valence-corrected chi connectivity index (χ3v) is 6.78. The molecule has 0 fully saturated rings. The maximum atomic E-state index is 13.5. The monoisotopic (exact) mass is 743 g/mol. The number of carbonyl (C=O) groups excluding carboxylic acids is 6. The van der Waals surface area contributed by atoms with E-state index >= 15 is 0 Å². The highest BCUT2D eigenvalue weighted by molar-refractivity contribution is 7.98. The molecule has 0 saturated heterocycles. The van der Waals surface area contributed by atoms with Crippen molar-refractivity contribution in [1.82, 2.24) is 10.2 Å². The zero-order chi connectivity index (χ0) is 39.4. The molecule has 0 bridgehead atoms. The fraction of sp³-hybridized carbons (Fsp3) is 0.486. The smallest absolute Gasteiger partial charge is 0.436 e. The summed E-state index contributed by atoms with van der Waals surface area (Å²) in [6.07, 6.45) is -1.63. The summed E-state index contributed by atoms with van der Waals surface area (Å²) in [7, 11) is 0. The largest absolute Gasteiger partial charge is 0.482 e. The predicted molar refractivity (Wildman–Crippen MR) is 196 cm³/mol. The molecule has 1 unspecified atom stereocenters. The van der Waals surface area contributed by atoms with Crippen molar-refractivity contribution >= 4 is 53.5 Å². The Hall–Kier alpha value is -4.92. The number of aliphatic imine (C=N–C) groups is 1. The van der Waals surface area contributed by atoms with Crippen molar-refractivity contribution in [3.8, 4) is 5.75 Å². The van der Waals surface area contributed by atoms with Gasteiger partial charge in [-0.25, -0.2) is 19.2 Å². The first kappa shape index (κ1) is 43.2. The highest BCUT2D eigenvalue weighted by Gasteiger charge is 2.37. The van der Waals surface area contributed by atoms with E-state index in [-0.39, 0.29) is 35.9 Å². The number of amides is 4. The Kier molecular flexibility index (Phi) is 15.4. The molecule has 2 aromatic carbocycles. The van der Waals surface area contributed by atoms with Crippen molar-refractivity contribution in [3.63, 3.8) is 0 Å². The van der Waals surface area contributed by atoms with E-state index in [4.69, 9.17) is 23.7 Å². The van der Waals surface area contributed by atoms with Gasteiger partial charge in [-0.1, -0.05) is 12.1 Å². The van der Waals surface area contributed by atoms with Gasteiger partial charge >= 0.3 is 24.2 Å². The summed E-state index contributed by atoms with van der Waals surface area (Å²) in [5, 5.41) is 2.75. The lowest BCUT2D eigenvalue weighted by molar-refractivity contribution is -0.145. The van der Waals surface area contributed by atoms with E-state index in [2.05, 4.69) is 10.3 Å². The number of imide groups is 1. The molecule has 1 N–H and O–H groups in total. The molecule has 0 saturated carbocycles. The van der Waals surface area contributed by atoms with Crippen molar-refractivity contribution in [2.75, 3.05) is 25.2 Å². The zero-order valence-corrected chi connectivity index (χ0v) is 32.4. The number of esters is 1. The van der Waals surface area contributed by atoms with Crippen LogP contribution in [0, 0.1) is 0 Å². The molecule has 0 aliphatic rings. The van der Waals surface area contributed by atoms with E-state index in [1.165, 1.54) is 60.3 Å². The number of hydrogen-bond acceptors (Lipinski definition) is 12. The van der Waals surface area contributed by atoms with Crippen molar-refractivity contribution in [1.29, 1.82) is 0 Å². The van der Waals surface area contributed by atoms with Crippen LogP contribution in [0.3, 0.4) is 0 Å². The lowest BCUT2D eigenvalue weighted by Crippen LogP contribution is -2.47. The van der Waals surface area contributed by atoms with Crippen LogP contribution in [-0.4, -0.2) is 94.7 Å². The van der Waals surface area contributed by atoms with Gasteiger partial charge in [0.1, 0.15) is 28.6 Å². The molecule has 0 spiro atoms. The van der Waals surface area contributed by atoms with Gasteiger partial charge in [-0.3, -0.25) is 9.59 Å². The van der Waals surface area contributed by atoms with Gasteiger partial charge in [-0.15, -0.1) is 0 Å². The van der Waals surface area contributed by atoms with Gasteiger partial charge in [-0.05, 0) is 112 Å². The SMILES string of the molecule is CCOC(=O)COc1ccc(C(=O)C(CSC)NC(=O)c2ccc(/C(=N\C(=O)OC(C)(C)C)N(C(=O)OC(C)(C)C)C(=O)OC(C)(C)C)cc2)cc1. The first-order chi connectivity index (χ1) is 24.0. The Morgan fingerprint density at radius 3 is 1.67 bits per heavy atom. The third-order valence-electron chi connectivity index (χ3n) is 6.12. The molecule has 15 heteroatoms. The van der Waals surface area contributed by atoms with Crippen LogP contribution in [0.15, 0.2) is 53.5 Å². The topological polar surface area (TPSA) is 176 Å². The second kappa shape index (κ2) is 18.5. The Balaban J connectivity index is 2.44. The summed E-state index contributed by atoms with van der Waals surface area (Å²) in [5.74, 6) is -1.30. The first-order valence-corrected chi connectivity index (χ1v) is 17.8. The summed E-state index contributed by atoms with van der Waals surface area (Å²) in [5.41, 5.74) is -2.53. The molecular formula is C37H49N3O11S. The maximum Gasteiger partial charge on any atom is 0.436 e. The highest BCUT2D eigenvalue weighted by Crippen LogP contribution is 2.21. The van der Waals surface area contributed by atoms with Crippen molar-refractivity contribution in [2.45, 2.75) is 92.1 Å². The summed E-state index contributed by atoms with van der Waals surface area (Å²) >= 11 is 1.36. The van der Waals surface area contributed by atoms with Gasteiger partial charge < -0.3 is 29.0 Å². The minimum absolute atomic E-state index is 0.0705. The molecular weight excluding hydrogens is 694 g/mol. The molecule has 0 aromatic heterocycles. The second-order valence-electron chi connectivity index (χ2n) is 14.3. The Morgan fingerprint density at radius 1 is 0.731 bits per heavy atom. The van der Waals surface area contributed by atoms with Crippen molar-refractivity contribution in [3.05, 3.63) is 65.2 Å². The summed E-state index contributed by atoms with van der Waals surface area (Å²) in [6, 6.07) is 10.7. The van der Waals surface area contributed by atoms with Crippen LogP contribution in [0.2, 0.25) is 0 Å². The lowest BCUT2D eigenvalue weighted by Gasteiger charge is -2.29. The zero-order valence-electron chi connectivity index (χ0n) is 31.6. The molecule has 52 heavy (non-hydrogen) atoms. The number of rotatable bonds is 11. The van der Waals surface area contributed by atoms with E-state index in [0.717, 1.165) is 0 Å². The number of Topliss-reactive ketones (excluding diaryl/α,β-unsaturated/α-hetero) is 1. The fourth-order valence-electron chi connectivity index (χ4n) is 4.10. The minimum Gasteiger partial charge on any atom is -0.482 e. The van der Waals surface area contributed by atoms with Crippen LogP contribution >= 0.6 is 11.8 Å². The Bertz CT molecular complexity index is 1590. The van der Waals surface area contributed by atoms with Crippen LogP contribution in [0.1, 0.15) is 95.5 Å². The number of ketones is 1. The van der Waals surface area contributed by atoms with Crippen LogP contribution in [0.4, 0.5) is 14.4 Å². The van der Waals surface area contributed by atoms with Gasteiger partial charge in [-0.2, -0.15) is 21.7 Å². The van der Waals surface area contributed by atoms with Crippen LogP contribution in [-0.2, 0) is 23.7 Å². The van der Waals surface area contributed by atoms with Gasteiger partial charge in [0.15, 0.2) is 18.2 Å². The molecule has 14 nitrogen and oxygen atoms in total. The van der Waals surface area contributed by atoms with Crippen molar-refractivity contribution in [2.24, 2.45) is 4.99 Å². The molecule has 0 aliphatic carbocycles.